The fourth-order valence-electron chi connectivity index (χ4n) is 2.51. The van der Waals surface area contributed by atoms with E-state index in [4.69, 9.17) is 4.74 Å². The fourth-order valence-corrected chi connectivity index (χ4v) is 2.51. The van der Waals surface area contributed by atoms with Crippen LogP contribution in [0.15, 0.2) is 47.6 Å². The van der Waals surface area contributed by atoms with Gasteiger partial charge < -0.3 is 9.53 Å². The molecule has 0 saturated heterocycles. The summed E-state index contributed by atoms with van der Waals surface area (Å²) in [4.78, 5) is 10.8. The van der Waals surface area contributed by atoms with E-state index in [1.54, 1.807) is 12.1 Å². The maximum atomic E-state index is 12.9. The molecule has 92 valence electrons. The molecule has 0 amide bonds. The van der Waals surface area contributed by atoms with Crippen LogP contribution in [0.4, 0.5) is 4.39 Å². The van der Waals surface area contributed by atoms with E-state index in [-0.39, 0.29) is 17.8 Å². The lowest BCUT2D eigenvalue weighted by Gasteiger charge is -2.16. The van der Waals surface area contributed by atoms with Crippen LogP contribution < -0.4 is 0 Å². The highest BCUT2D eigenvalue weighted by Crippen LogP contribution is 2.39. The first-order chi connectivity index (χ1) is 8.78. The lowest BCUT2D eigenvalue weighted by molar-refractivity contribution is -0.109. The Bertz CT molecular complexity index is 528. The predicted molar refractivity (Wildman–Crippen MR) is 65.4 cm³/mol. The highest BCUT2D eigenvalue weighted by molar-refractivity contribution is 5.60. The van der Waals surface area contributed by atoms with Crippen molar-refractivity contribution in [2.75, 3.05) is 6.61 Å². The number of halogens is 1. The highest BCUT2D eigenvalue weighted by atomic mass is 19.1. The molecule has 2 nitrogen and oxygen atoms in total. The smallest absolute Gasteiger partial charge is 0.127 e. The molecule has 0 radical (unpaired) electrons. The van der Waals surface area contributed by atoms with Crippen molar-refractivity contribution in [2.24, 2.45) is 5.92 Å². The van der Waals surface area contributed by atoms with E-state index >= 15 is 0 Å². The quantitative estimate of drug-likeness (QED) is 0.748. The molecule has 0 saturated carbocycles. The Morgan fingerprint density at radius 1 is 1.28 bits per heavy atom. The monoisotopic (exact) mass is 244 g/mol. The Morgan fingerprint density at radius 2 is 2.06 bits per heavy atom. The van der Waals surface area contributed by atoms with Crippen molar-refractivity contribution in [1.82, 2.24) is 0 Å². The van der Waals surface area contributed by atoms with Crippen LogP contribution in [0.2, 0.25) is 0 Å². The van der Waals surface area contributed by atoms with Crippen molar-refractivity contribution in [3.05, 3.63) is 58.9 Å². The Hall–Kier alpha value is -1.74. The number of aldehydes is 1. The second kappa shape index (κ2) is 4.50. The van der Waals surface area contributed by atoms with Crippen LogP contribution in [0.3, 0.4) is 0 Å². The van der Waals surface area contributed by atoms with Crippen molar-refractivity contribution in [2.45, 2.75) is 12.5 Å². The number of benzene rings is 1. The van der Waals surface area contributed by atoms with Crippen LogP contribution in [0.25, 0.3) is 0 Å². The Balaban J connectivity index is 1.89. The third-order valence-electron chi connectivity index (χ3n) is 3.47. The average Bonchev–Trinajstić information content (AvgIpc) is 2.82. The molecule has 3 rings (SSSR count). The second-order valence-electron chi connectivity index (χ2n) is 4.66. The SMILES string of the molecule is O=CC1C=CC2=C(COC2c2ccc(F)cc2)C1. The number of carbonyl (C=O) groups is 1. The average molecular weight is 244 g/mol. The van der Waals surface area contributed by atoms with Gasteiger partial charge in [0.15, 0.2) is 0 Å². The van der Waals surface area contributed by atoms with Crippen molar-refractivity contribution in [3.8, 4) is 0 Å². The van der Waals surface area contributed by atoms with E-state index in [1.807, 2.05) is 12.2 Å². The van der Waals surface area contributed by atoms with Gasteiger partial charge in [0, 0.05) is 5.92 Å². The summed E-state index contributed by atoms with van der Waals surface area (Å²) in [5.41, 5.74) is 3.26. The molecule has 1 aliphatic carbocycles. The molecule has 0 N–H and O–H groups in total. The third kappa shape index (κ3) is 1.91. The van der Waals surface area contributed by atoms with Gasteiger partial charge in [0.05, 0.1) is 6.61 Å². The van der Waals surface area contributed by atoms with Crippen molar-refractivity contribution in [3.63, 3.8) is 0 Å². The van der Waals surface area contributed by atoms with E-state index in [9.17, 15) is 9.18 Å². The predicted octanol–water partition coefficient (Wildman–Crippen LogP) is 2.97. The number of ether oxygens (including phenoxy) is 1. The molecule has 1 aliphatic heterocycles. The lowest BCUT2D eigenvalue weighted by Crippen LogP contribution is -2.06. The first-order valence-electron chi connectivity index (χ1n) is 6.00. The molecule has 0 spiro atoms. The molecule has 1 aromatic rings. The minimum Gasteiger partial charge on any atom is -0.364 e. The summed E-state index contributed by atoms with van der Waals surface area (Å²) in [5, 5.41) is 0. The van der Waals surface area contributed by atoms with Gasteiger partial charge in [-0.25, -0.2) is 4.39 Å². The first kappa shape index (κ1) is 11.4. The third-order valence-corrected chi connectivity index (χ3v) is 3.47. The van der Waals surface area contributed by atoms with Crippen LogP contribution in [0, 0.1) is 11.7 Å². The van der Waals surface area contributed by atoms with Crippen LogP contribution >= 0.6 is 0 Å². The molecule has 2 unspecified atom stereocenters. The Labute approximate surface area is 105 Å². The van der Waals surface area contributed by atoms with Gasteiger partial charge in [0.25, 0.3) is 0 Å². The zero-order valence-electron chi connectivity index (χ0n) is 9.80. The zero-order chi connectivity index (χ0) is 12.5. The number of allylic oxidation sites excluding steroid dienone is 1. The van der Waals surface area contributed by atoms with Gasteiger partial charge in [-0.15, -0.1) is 0 Å². The summed E-state index contributed by atoms with van der Waals surface area (Å²) in [7, 11) is 0. The molecule has 0 bridgehead atoms. The van der Waals surface area contributed by atoms with Gasteiger partial charge in [-0.1, -0.05) is 24.3 Å². The summed E-state index contributed by atoms with van der Waals surface area (Å²) in [6, 6.07) is 6.38. The molecule has 1 aromatic carbocycles. The van der Waals surface area contributed by atoms with Crippen molar-refractivity contribution < 1.29 is 13.9 Å². The van der Waals surface area contributed by atoms with Crippen LogP contribution in [0.1, 0.15) is 18.1 Å². The van der Waals surface area contributed by atoms with Crippen LogP contribution in [-0.2, 0) is 9.53 Å². The van der Waals surface area contributed by atoms with E-state index in [0.29, 0.717) is 6.61 Å². The molecule has 0 fully saturated rings. The van der Waals surface area contributed by atoms with Crippen molar-refractivity contribution >= 4 is 6.29 Å². The number of hydrogen-bond donors (Lipinski definition) is 0. The zero-order valence-corrected chi connectivity index (χ0v) is 9.80. The summed E-state index contributed by atoms with van der Waals surface area (Å²) < 4.78 is 18.7. The summed E-state index contributed by atoms with van der Waals surface area (Å²) in [6.45, 7) is 0.562. The lowest BCUT2D eigenvalue weighted by atomic mass is 9.88. The van der Waals surface area contributed by atoms with Gasteiger partial charge in [-0.05, 0) is 35.3 Å². The summed E-state index contributed by atoms with van der Waals surface area (Å²) in [6.07, 6.45) is 5.47. The standard InChI is InChI=1S/C15H13FO2/c16-13-4-2-11(3-5-13)15-14-6-1-10(8-17)7-12(14)9-18-15/h1-6,8,10,15H,7,9H2. The van der Waals surface area contributed by atoms with Gasteiger partial charge >= 0.3 is 0 Å². The largest absolute Gasteiger partial charge is 0.364 e. The van der Waals surface area contributed by atoms with E-state index in [2.05, 4.69) is 0 Å². The maximum absolute atomic E-state index is 12.9. The highest BCUT2D eigenvalue weighted by Gasteiger charge is 2.29. The van der Waals surface area contributed by atoms with Crippen LogP contribution in [0.5, 0.6) is 0 Å². The second-order valence-corrected chi connectivity index (χ2v) is 4.66. The Kier molecular flexibility index (Phi) is 2.84. The maximum Gasteiger partial charge on any atom is 0.127 e. The fraction of sp³-hybridized carbons (Fsp3) is 0.267. The topological polar surface area (TPSA) is 26.3 Å². The molecular formula is C15H13FO2. The van der Waals surface area contributed by atoms with E-state index in [1.165, 1.54) is 17.7 Å². The number of rotatable bonds is 2. The van der Waals surface area contributed by atoms with Crippen LogP contribution in [-0.4, -0.2) is 12.9 Å². The Morgan fingerprint density at radius 3 is 2.78 bits per heavy atom. The normalized spacial score (nSPS) is 26.3. The van der Waals surface area contributed by atoms with Crippen molar-refractivity contribution in [1.29, 1.82) is 0 Å². The van der Waals surface area contributed by atoms with Gasteiger partial charge in [-0.3, -0.25) is 0 Å². The number of hydrogen-bond acceptors (Lipinski definition) is 2. The van der Waals surface area contributed by atoms with E-state index < -0.39 is 0 Å². The van der Waals surface area contributed by atoms with Gasteiger partial charge in [0.2, 0.25) is 0 Å². The molecule has 2 aliphatic rings. The van der Waals surface area contributed by atoms with Gasteiger partial charge in [0.1, 0.15) is 18.2 Å². The molecule has 18 heavy (non-hydrogen) atoms. The molecular weight excluding hydrogens is 231 g/mol. The molecule has 0 aromatic heterocycles. The first-order valence-corrected chi connectivity index (χ1v) is 6.00. The number of carbonyl (C=O) groups excluding carboxylic acids is 1. The minimum atomic E-state index is -0.244. The van der Waals surface area contributed by atoms with E-state index in [0.717, 1.165) is 23.8 Å². The van der Waals surface area contributed by atoms with Gasteiger partial charge in [-0.2, -0.15) is 0 Å². The molecule has 2 atom stereocenters. The summed E-state index contributed by atoms with van der Waals surface area (Å²) >= 11 is 0. The minimum absolute atomic E-state index is 0.0284. The molecule has 1 heterocycles. The summed E-state index contributed by atoms with van der Waals surface area (Å²) in [5.74, 6) is -0.273. The molecule has 3 heteroatoms.